The number of halogens is 2. The summed E-state index contributed by atoms with van der Waals surface area (Å²) in [6, 6.07) is 1.95. The third kappa shape index (κ3) is 4.42. The molecule has 47 heavy (non-hydrogen) atoms. The Morgan fingerprint density at radius 1 is 1.11 bits per heavy atom. The van der Waals surface area contributed by atoms with Gasteiger partial charge in [0.15, 0.2) is 5.82 Å². The largest absolute Gasteiger partial charge is 0.475 e. The van der Waals surface area contributed by atoms with E-state index in [0.717, 1.165) is 68.1 Å². The molecule has 7 heterocycles. The summed E-state index contributed by atoms with van der Waals surface area (Å²) in [5.41, 5.74) is 5.51. The van der Waals surface area contributed by atoms with Gasteiger partial charge in [-0.15, -0.1) is 0 Å². The highest BCUT2D eigenvalue weighted by Gasteiger charge is 2.49. The first-order chi connectivity index (χ1) is 22.9. The highest BCUT2D eigenvalue weighted by atomic mass is 35.5. The van der Waals surface area contributed by atoms with Crippen molar-refractivity contribution in [3.63, 3.8) is 0 Å². The molecule has 1 N–H and O–H groups in total. The number of nitrogens with one attached hydrogen (secondary N) is 1. The van der Waals surface area contributed by atoms with Gasteiger partial charge in [0.1, 0.15) is 35.6 Å². The molecule has 4 aromatic rings. The molecule has 5 fully saturated rings. The van der Waals surface area contributed by atoms with E-state index in [1.807, 2.05) is 6.07 Å². The van der Waals surface area contributed by atoms with Crippen LogP contribution >= 0.6 is 11.6 Å². The summed E-state index contributed by atoms with van der Waals surface area (Å²) in [7, 11) is 0. The molecule has 2 atom stereocenters. The number of anilines is 1. The summed E-state index contributed by atoms with van der Waals surface area (Å²) < 4.78 is 36.3. The van der Waals surface area contributed by atoms with Gasteiger partial charge in [0.2, 0.25) is 5.88 Å². The standard InChI is InChI=1S/C35H37ClFN7O3/c1-34(7-8-34)27-23(36)12-24-22(14-38-42-24)25(27)29-28(37)30-26-31(44-10-3-11-45-16-21(44)17-46-32(26)39-29)41-33(40-30)47-18-35-6-2-9-43(35)15-20(13-35)19-4-5-19/h12,14,21H,2-11,13,15-18H2,1H3,(H,38,42)/t21-,35-/m0/s1. The zero-order valence-electron chi connectivity index (χ0n) is 26.5. The number of hydrogen-bond acceptors (Lipinski definition) is 9. The maximum Gasteiger partial charge on any atom is 0.319 e. The molecule has 2 aliphatic carbocycles. The molecule has 1 aromatic carbocycles. The van der Waals surface area contributed by atoms with Gasteiger partial charge < -0.3 is 19.1 Å². The molecule has 12 heteroatoms. The second-order valence-corrected chi connectivity index (χ2v) is 15.0. The van der Waals surface area contributed by atoms with Gasteiger partial charge in [-0.25, -0.2) is 9.37 Å². The lowest BCUT2D eigenvalue weighted by molar-refractivity contribution is 0.108. The van der Waals surface area contributed by atoms with E-state index in [9.17, 15) is 0 Å². The maximum absolute atomic E-state index is 17.4. The van der Waals surface area contributed by atoms with E-state index in [4.69, 9.17) is 40.8 Å². The normalized spacial score (nSPS) is 26.3. The number of fused-ring (bicyclic) bond motifs is 4. The Labute approximate surface area is 276 Å². The minimum atomic E-state index is -0.539. The minimum absolute atomic E-state index is 0.0607. The van der Waals surface area contributed by atoms with Crippen LogP contribution in [0.2, 0.25) is 5.02 Å². The van der Waals surface area contributed by atoms with Gasteiger partial charge in [-0.3, -0.25) is 10.00 Å². The summed E-state index contributed by atoms with van der Waals surface area (Å²) in [6.07, 6.45) is 10.2. The SMILES string of the molecule is CC1(c2c(Cl)cc3[nH]ncc3c2-c2nc3c4c(nc(OC[C@@]56CCCN5CC(=C5CC5)C6)nc4c2F)N2CCCOC[C@H]2CO3)CC1. The molecule has 3 aromatic heterocycles. The van der Waals surface area contributed by atoms with Crippen LogP contribution < -0.4 is 14.4 Å². The fourth-order valence-electron chi connectivity index (χ4n) is 8.59. The first kappa shape index (κ1) is 28.5. The van der Waals surface area contributed by atoms with Crippen LogP contribution in [0.4, 0.5) is 10.2 Å². The van der Waals surface area contributed by atoms with Gasteiger partial charge in [-0.1, -0.05) is 29.7 Å². The molecule has 0 amide bonds. The van der Waals surface area contributed by atoms with E-state index in [1.165, 1.54) is 12.8 Å². The van der Waals surface area contributed by atoms with Crippen molar-refractivity contribution in [2.75, 3.05) is 51.0 Å². The number of pyridine rings is 1. The average Bonchev–Trinajstić information content (AvgIpc) is 3.95. The zero-order chi connectivity index (χ0) is 31.5. The molecule has 0 unspecified atom stereocenters. The summed E-state index contributed by atoms with van der Waals surface area (Å²) in [5.74, 6) is 0.363. The summed E-state index contributed by atoms with van der Waals surface area (Å²) in [4.78, 5) is 19.5. The molecule has 6 aliphatic rings. The number of aromatic amines is 1. The molecule has 0 bridgehead atoms. The Hall–Kier alpha value is -3.54. The van der Waals surface area contributed by atoms with Crippen molar-refractivity contribution in [1.82, 2.24) is 30.0 Å². The number of nitrogens with zero attached hydrogens (tertiary/aromatic N) is 6. The molecule has 10 nitrogen and oxygen atoms in total. The van der Waals surface area contributed by atoms with Crippen LogP contribution in [-0.4, -0.2) is 87.7 Å². The van der Waals surface area contributed by atoms with Crippen LogP contribution in [0.3, 0.4) is 0 Å². The van der Waals surface area contributed by atoms with Crippen LogP contribution in [-0.2, 0) is 10.2 Å². The topological polar surface area (TPSA) is 102 Å². The molecule has 0 spiro atoms. The fraction of sp³-hybridized carbons (Fsp3) is 0.543. The highest BCUT2D eigenvalue weighted by Crippen LogP contribution is 2.55. The monoisotopic (exact) mass is 657 g/mol. The van der Waals surface area contributed by atoms with E-state index >= 15 is 4.39 Å². The van der Waals surface area contributed by atoms with E-state index < -0.39 is 5.82 Å². The number of ether oxygens (including phenoxy) is 3. The van der Waals surface area contributed by atoms with Crippen LogP contribution in [0, 0.1) is 5.82 Å². The molecule has 3 saturated heterocycles. The van der Waals surface area contributed by atoms with Gasteiger partial charge in [0.05, 0.1) is 29.9 Å². The smallest absolute Gasteiger partial charge is 0.319 e. The molecule has 10 rings (SSSR count). The van der Waals surface area contributed by atoms with Crippen molar-refractivity contribution in [1.29, 1.82) is 0 Å². The second-order valence-electron chi connectivity index (χ2n) is 14.6. The quantitative estimate of drug-likeness (QED) is 0.255. The first-order valence-corrected chi connectivity index (χ1v) is 17.4. The number of rotatable bonds is 5. The molecule has 0 radical (unpaired) electrons. The molecular formula is C35H37ClFN7O3. The Balaban J connectivity index is 1.15. The van der Waals surface area contributed by atoms with E-state index in [2.05, 4.69) is 26.9 Å². The number of H-pyrrole nitrogens is 1. The van der Waals surface area contributed by atoms with Crippen LogP contribution in [0.25, 0.3) is 33.1 Å². The Bertz CT molecular complexity index is 2000. The Morgan fingerprint density at radius 2 is 2.00 bits per heavy atom. The van der Waals surface area contributed by atoms with Crippen LogP contribution in [0.1, 0.15) is 63.9 Å². The lowest BCUT2D eigenvalue weighted by Crippen LogP contribution is -2.43. The molecule has 4 aliphatic heterocycles. The van der Waals surface area contributed by atoms with E-state index in [1.54, 1.807) is 17.3 Å². The lowest BCUT2D eigenvalue weighted by Gasteiger charge is -2.31. The first-order valence-electron chi connectivity index (χ1n) is 17.0. The van der Waals surface area contributed by atoms with Gasteiger partial charge in [-0.05, 0) is 75.0 Å². The van der Waals surface area contributed by atoms with Gasteiger partial charge in [0.25, 0.3) is 0 Å². The van der Waals surface area contributed by atoms with Crippen molar-refractivity contribution in [2.24, 2.45) is 0 Å². The number of hydrogen-bond donors (Lipinski definition) is 1. The predicted molar refractivity (Wildman–Crippen MR) is 176 cm³/mol. The molecule has 244 valence electrons. The zero-order valence-corrected chi connectivity index (χ0v) is 27.3. The number of allylic oxidation sites excluding steroid dienone is 1. The Morgan fingerprint density at radius 3 is 2.85 bits per heavy atom. The summed E-state index contributed by atoms with van der Waals surface area (Å²) in [5, 5.41) is 9.11. The average molecular weight is 658 g/mol. The fourth-order valence-corrected chi connectivity index (χ4v) is 9.02. The number of aromatic nitrogens is 5. The van der Waals surface area contributed by atoms with Gasteiger partial charge >= 0.3 is 6.01 Å². The van der Waals surface area contributed by atoms with Crippen molar-refractivity contribution >= 4 is 39.2 Å². The van der Waals surface area contributed by atoms with Gasteiger partial charge in [0, 0.05) is 35.7 Å². The van der Waals surface area contributed by atoms with Crippen molar-refractivity contribution in [3.05, 3.63) is 39.8 Å². The Kier molecular flexibility index (Phi) is 6.20. The lowest BCUT2D eigenvalue weighted by atomic mass is 9.88. The summed E-state index contributed by atoms with van der Waals surface area (Å²) in [6.45, 7) is 6.90. The number of benzene rings is 1. The molecular weight excluding hydrogens is 621 g/mol. The van der Waals surface area contributed by atoms with E-state index in [-0.39, 0.29) is 34.2 Å². The second kappa shape index (κ2) is 10.2. The van der Waals surface area contributed by atoms with Crippen LogP contribution in [0.15, 0.2) is 23.4 Å². The third-order valence-electron chi connectivity index (χ3n) is 11.5. The van der Waals surface area contributed by atoms with Crippen molar-refractivity contribution in [3.8, 4) is 23.1 Å². The predicted octanol–water partition coefficient (Wildman–Crippen LogP) is 6.11. The van der Waals surface area contributed by atoms with Crippen molar-refractivity contribution < 1.29 is 18.6 Å². The van der Waals surface area contributed by atoms with Crippen molar-refractivity contribution in [2.45, 2.75) is 75.3 Å². The molecule has 2 saturated carbocycles. The van der Waals surface area contributed by atoms with Gasteiger partial charge in [-0.2, -0.15) is 15.1 Å². The highest BCUT2D eigenvalue weighted by molar-refractivity contribution is 6.33. The minimum Gasteiger partial charge on any atom is -0.475 e. The maximum atomic E-state index is 17.4. The van der Waals surface area contributed by atoms with E-state index in [0.29, 0.717) is 60.6 Å². The van der Waals surface area contributed by atoms with Crippen LogP contribution in [0.5, 0.6) is 11.9 Å². The third-order valence-corrected chi connectivity index (χ3v) is 11.8. The summed E-state index contributed by atoms with van der Waals surface area (Å²) >= 11 is 6.95.